The molecule has 11 rings (SSSR count). The Kier molecular flexibility index (Phi) is 20.0. The van der Waals surface area contributed by atoms with E-state index in [1.165, 1.54) is 17.7 Å². The van der Waals surface area contributed by atoms with Gasteiger partial charge in [-0.1, -0.05) is 57.4 Å². The maximum absolute atomic E-state index is 15.8. The Hall–Kier alpha value is -6.07. The first-order valence-electron chi connectivity index (χ1n) is 32.5. The molecule has 0 radical (unpaired) electrons. The van der Waals surface area contributed by atoms with Gasteiger partial charge in [-0.2, -0.15) is 0 Å². The third kappa shape index (κ3) is 15.3. The van der Waals surface area contributed by atoms with Gasteiger partial charge in [0, 0.05) is 95.7 Å². The van der Waals surface area contributed by atoms with E-state index in [-0.39, 0.29) is 72.2 Å². The first-order valence-corrected chi connectivity index (χ1v) is 32.5. The summed E-state index contributed by atoms with van der Waals surface area (Å²) in [6.07, 6.45) is 12.6. The minimum atomic E-state index is -0.792. The minimum absolute atomic E-state index is 0.0314. The predicted molar refractivity (Wildman–Crippen MR) is 330 cm³/mol. The molecule has 7 fully saturated rings. The fraction of sp³-hybridized carbons (Fsp3) is 0.677. The molecule has 0 bridgehead atoms. The number of likely N-dealkylation sites (N-methyl/N-ethyl adjacent to an activating group) is 1. The molecule has 6 N–H and O–H groups in total. The fourth-order valence-electron chi connectivity index (χ4n) is 15.3. The third-order valence-corrected chi connectivity index (χ3v) is 20.5. The molecule has 2 aromatic carbocycles. The number of benzene rings is 2. The van der Waals surface area contributed by atoms with E-state index in [1.54, 1.807) is 30.1 Å². The Labute approximate surface area is 512 Å². The Morgan fingerprint density at radius 2 is 1.56 bits per heavy atom. The van der Waals surface area contributed by atoms with Gasteiger partial charge in [-0.25, -0.2) is 18.7 Å². The molecular formula is C65H94F2N14O6. The van der Waals surface area contributed by atoms with Crippen LogP contribution >= 0.6 is 0 Å². The molecule has 474 valence electrons. The van der Waals surface area contributed by atoms with Crippen LogP contribution in [0, 0.1) is 34.8 Å². The summed E-state index contributed by atoms with van der Waals surface area (Å²) in [4.78, 5) is 91.1. The molecule has 1 spiro atoms. The number of aromatic nitrogens is 2. The number of anilines is 3. The summed E-state index contributed by atoms with van der Waals surface area (Å²) >= 11 is 0. The minimum Gasteiger partial charge on any atom is -0.378 e. The van der Waals surface area contributed by atoms with Crippen molar-refractivity contribution in [1.82, 2.24) is 56.2 Å². The van der Waals surface area contributed by atoms with E-state index in [0.29, 0.717) is 88.4 Å². The highest BCUT2D eigenvalue weighted by molar-refractivity contribution is 5.94. The molecule has 87 heavy (non-hydrogen) atoms. The smallest absolute Gasteiger partial charge is 0.246 e. The van der Waals surface area contributed by atoms with Crippen molar-refractivity contribution in [3.63, 3.8) is 0 Å². The van der Waals surface area contributed by atoms with Crippen LogP contribution in [-0.2, 0) is 41.7 Å². The lowest BCUT2D eigenvalue weighted by atomic mass is 9.82. The van der Waals surface area contributed by atoms with Crippen molar-refractivity contribution in [3.05, 3.63) is 77.1 Å². The summed E-state index contributed by atoms with van der Waals surface area (Å²) in [7, 11) is 1.72. The highest BCUT2D eigenvalue weighted by Crippen LogP contribution is 2.37. The Morgan fingerprint density at radius 3 is 2.32 bits per heavy atom. The van der Waals surface area contributed by atoms with Crippen molar-refractivity contribution in [2.75, 3.05) is 127 Å². The summed E-state index contributed by atoms with van der Waals surface area (Å²) in [6, 6.07) is 10.1. The summed E-state index contributed by atoms with van der Waals surface area (Å²) < 4.78 is 37.4. The Morgan fingerprint density at radius 1 is 0.816 bits per heavy atom. The van der Waals surface area contributed by atoms with Gasteiger partial charge in [0.05, 0.1) is 49.6 Å². The lowest BCUT2D eigenvalue weighted by Gasteiger charge is -2.48. The molecule has 7 atom stereocenters. The highest BCUT2D eigenvalue weighted by atomic mass is 19.1. The van der Waals surface area contributed by atoms with Crippen molar-refractivity contribution < 1.29 is 37.5 Å². The maximum atomic E-state index is 15.8. The van der Waals surface area contributed by atoms with E-state index in [2.05, 4.69) is 87.4 Å². The van der Waals surface area contributed by atoms with Crippen LogP contribution in [0.1, 0.15) is 121 Å². The van der Waals surface area contributed by atoms with Gasteiger partial charge in [-0.05, 0) is 132 Å². The van der Waals surface area contributed by atoms with Crippen LogP contribution in [0.5, 0.6) is 0 Å². The second-order valence-corrected chi connectivity index (χ2v) is 27.3. The second kappa shape index (κ2) is 27.8. The van der Waals surface area contributed by atoms with Gasteiger partial charge in [-0.15, -0.1) is 0 Å². The van der Waals surface area contributed by atoms with E-state index >= 15 is 8.78 Å². The number of hydrogen-bond acceptors (Lipinski definition) is 15. The predicted octanol–water partition coefficient (Wildman–Crippen LogP) is 4.60. The monoisotopic (exact) mass is 1200 g/mol. The molecule has 5 amide bonds. The number of nitrogens with zero attached hydrogens (tertiary/aromatic N) is 8. The molecule has 1 unspecified atom stereocenters. The molecule has 7 heterocycles. The Bertz CT molecular complexity index is 2900. The summed E-state index contributed by atoms with van der Waals surface area (Å²) in [5, 5.41) is 19.2. The lowest BCUT2D eigenvalue weighted by molar-refractivity contribution is -0.143. The van der Waals surface area contributed by atoms with Crippen LogP contribution < -0.4 is 41.7 Å². The first kappa shape index (κ1) is 62.5. The number of carbonyl (C=O) groups is 5. The van der Waals surface area contributed by atoms with Crippen LogP contribution in [0.3, 0.4) is 0 Å². The number of fused-ring (bicyclic) bond motifs is 2. The zero-order chi connectivity index (χ0) is 60.8. The van der Waals surface area contributed by atoms with Crippen LogP contribution in [-0.4, -0.2) is 201 Å². The molecule has 20 nitrogen and oxygen atoms in total. The van der Waals surface area contributed by atoms with Gasteiger partial charge >= 0.3 is 0 Å². The van der Waals surface area contributed by atoms with Crippen molar-refractivity contribution in [3.8, 4) is 0 Å². The van der Waals surface area contributed by atoms with Crippen LogP contribution in [0.4, 0.5) is 26.1 Å². The van der Waals surface area contributed by atoms with E-state index in [1.807, 2.05) is 18.2 Å². The van der Waals surface area contributed by atoms with Gasteiger partial charge < -0.3 is 56.2 Å². The lowest BCUT2D eigenvalue weighted by Crippen LogP contribution is -2.66. The van der Waals surface area contributed by atoms with Crippen molar-refractivity contribution in [2.45, 2.75) is 147 Å². The van der Waals surface area contributed by atoms with Gasteiger partial charge in [0.25, 0.3) is 0 Å². The first-order chi connectivity index (χ1) is 42.0. The number of halogens is 2. The normalized spacial score (nSPS) is 25.8. The summed E-state index contributed by atoms with van der Waals surface area (Å²) in [6.45, 7) is 16.4. The standard InChI is InChI=1S/C65H94F2N14O6/c1-43(68-4)61(84)74-60(45-12-6-5-7-13-45)63(86)81-38-49(30-55(81)62(85)73-53-16-10-14-44-11-8-9-15-50(44)53)72-58(82)39-78-36-47-34-77(35-48(47)37-78)26-28-87-27-21-69-56-32-57(71-42-70-56)79-24-19-65(20-25-79)41-80(40-59(83)75-65)54-31-51(66)46(29-52(54)67)33-76-22-17-64(2,3)18-23-76/h8-9,11,15,29,31-32,42-43,45,47-49,53,55,60,68H,5-7,10,12-14,16-28,30,33-41H2,1-4H3,(H,72,82)(H,73,85)(H,74,84)(H,75,83)(H,69,70,71)/t43-,47-,48+,49?,53-,55-,60-/m0/s1. The number of hydrogen-bond donors (Lipinski definition) is 6. The molecule has 2 aliphatic carbocycles. The van der Waals surface area contributed by atoms with Crippen molar-refractivity contribution in [2.24, 2.45) is 23.2 Å². The van der Waals surface area contributed by atoms with E-state index in [0.717, 1.165) is 121 Å². The van der Waals surface area contributed by atoms with Gasteiger partial charge in [-0.3, -0.25) is 33.8 Å². The molecule has 8 aliphatic rings. The number of piperazine rings is 1. The van der Waals surface area contributed by atoms with Gasteiger partial charge in [0.15, 0.2) is 0 Å². The number of carbonyl (C=O) groups excluding carboxylic acids is 5. The second-order valence-electron chi connectivity index (χ2n) is 27.3. The molecule has 22 heteroatoms. The zero-order valence-corrected chi connectivity index (χ0v) is 51.7. The molecular weight excluding hydrogens is 1110 g/mol. The van der Waals surface area contributed by atoms with Gasteiger partial charge in [0.2, 0.25) is 29.5 Å². The fourth-order valence-corrected chi connectivity index (χ4v) is 15.3. The summed E-state index contributed by atoms with van der Waals surface area (Å²) in [5.41, 5.74) is 2.50. The average Bonchev–Trinajstić information content (AvgIpc) is 1.39. The molecule has 6 aliphatic heterocycles. The third-order valence-electron chi connectivity index (χ3n) is 20.5. The van der Waals surface area contributed by atoms with E-state index < -0.39 is 41.3 Å². The SMILES string of the molecule is CN[C@@H](C)C(=O)N[C@H](C(=O)N1CC(NC(=O)CN2C[C@H]3CN(CCOCCNc4cc(N5CCC6(CC5)CN(c5cc(F)c(CN7CCC(C)(C)CC7)cc5F)CC(=O)N6)ncn4)C[C@H]3C2)C[C@H]1C(=O)N[C@H]1CCCc2ccccc21)C1CCCCC1. The topological polar surface area (TPSA) is 212 Å². The molecule has 3 aromatic rings. The quantitative estimate of drug-likeness (QED) is 0.0806. The number of nitrogens with one attached hydrogen (secondary N) is 6. The summed E-state index contributed by atoms with van der Waals surface area (Å²) in [5.74, 6) is 0.338. The van der Waals surface area contributed by atoms with E-state index in [9.17, 15) is 24.0 Å². The van der Waals surface area contributed by atoms with Crippen LogP contribution in [0.2, 0.25) is 0 Å². The number of amides is 5. The average molecular weight is 1210 g/mol. The number of ether oxygens (including phenoxy) is 1. The highest BCUT2D eigenvalue weighted by Gasteiger charge is 2.47. The molecule has 6 saturated heterocycles. The van der Waals surface area contributed by atoms with Crippen molar-refractivity contribution in [1.29, 1.82) is 0 Å². The largest absolute Gasteiger partial charge is 0.378 e. The number of rotatable bonds is 21. The van der Waals surface area contributed by atoms with Crippen LogP contribution in [0.25, 0.3) is 0 Å². The van der Waals surface area contributed by atoms with Crippen LogP contribution in [0.15, 0.2) is 48.8 Å². The number of piperidine rings is 2. The van der Waals surface area contributed by atoms with E-state index in [4.69, 9.17) is 4.74 Å². The molecule has 1 aromatic heterocycles. The molecule has 1 saturated carbocycles. The maximum Gasteiger partial charge on any atom is 0.246 e. The van der Waals surface area contributed by atoms with Crippen molar-refractivity contribution >= 4 is 46.9 Å². The zero-order valence-electron chi connectivity index (χ0n) is 51.7. The van der Waals surface area contributed by atoms with Gasteiger partial charge in [0.1, 0.15) is 41.7 Å². The Balaban J connectivity index is 0.601. The number of likely N-dealkylation sites (tertiary alicyclic amines) is 4. The number of aryl methyl sites for hydroxylation is 1.